The highest BCUT2D eigenvalue weighted by atomic mass is 16.5. The van der Waals surface area contributed by atoms with Crippen LogP contribution in [0.2, 0.25) is 0 Å². The monoisotopic (exact) mass is 502 g/mol. The van der Waals surface area contributed by atoms with E-state index in [0.717, 1.165) is 19.3 Å². The van der Waals surface area contributed by atoms with Gasteiger partial charge < -0.3 is 20.5 Å². The number of esters is 1. The second-order valence-electron chi connectivity index (χ2n) is 12.6. The van der Waals surface area contributed by atoms with Gasteiger partial charge in [0, 0.05) is 31.2 Å². The minimum absolute atomic E-state index is 0.0604. The largest absolute Gasteiger partial charge is 0.463 e. The highest BCUT2D eigenvalue weighted by Crippen LogP contribution is 2.36. The second-order valence-corrected chi connectivity index (χ2v) is 12.6. The smallest absolute Gasteiger partial charge is 0.306 e. The van der Waals surface area contributed by atoms with Crippen LogP contribution in [0.3, 0.4) is 0 Å². The molecule has 6 heteroatoms. The first-order chi connectivity index (χ1) is 15.8. The van der Waals surface area contributed by atoms with Gasteiger partial charge >= 0.3 is 5.97 Å². The molecule has 1 amide bonds. The van der Waals surface area contributed by atoms with Crippen LogP contribution in [0.15, 0.2) is 0 Å². The van der Waals surface area contributed by atoms with E-state index in [0.29, 0.717) is 31.3 Å². The molecule has 0 aliphatic heterocycles. The summed E-state index contributed by atoms with van der Waals surface area (Å²) in [6.45, 7) is 29.7. The summed E-state index contributed by atoms with van der Waals surface area (Å²) in [6.07, 6.45) is 3.47. The molecule has 0 fully saturated rings. The van der Waals surface area contributed by atoms with E-state index in [9.17, 15) is 9.59 Å². The maximum Gasteiger partial charge on any atom is 0.306 e. The maximum atomic E-state index is 11.9. The molecule has 35 heavy (non-hydrogen) atoms. The van der Waals surface area contributed by atoms with Crippen LogP contribution in [0.5, 0.6) is 0 Å². The number of aliphatic hydroxyl groups is 1. The van der Waals surface area contributed by atoms with Crippen LogP contribution < -0.4 is 10.6 Å². The van der Waals surface area contributed by atoms with Gasteiger partial charge in [0.1, 0.15) is 0 Å². The van der Waals surface area contributed by atoms with Crippen LogP contribution in [0.1, 0.15) is 129 Å². The molecule has 0 radical (unpaired) electrons. The fraction of sp³-hybridized carbons (Fsp3) is 0.931. The quantitative estimate of drug-likeness (QED) is 0.236. The Bertz CT molecular complexity index is 553. The highest BCUT2D eigenvalue weighted by Gasteiger charge is 2.31. The summed E-state index contributed by atoms with van der Waals surface area (Å²) in [4.78, 5) is 23.8. The molecule has 0 atom stereocenters. The molecule has 0 unspecified atom stereocenters. The fourth-order valence-corrected chi connectivity index (χ4v) is 4.09. The minimum Gasteiger partial charge on any atom is -0.463 e. The van der Waals surface area contributed by atoms with Crippen molar-refractivity contribution in [3.8, 4) is 0 Å². The molecule has 0 aromatic rings. The van der Waals surface area contributed by atoms with E-state index in [1.807, 2.05) is 27.7 Å². The van der Waals surface area contributed by atoms with Crippen LogP contribution in [-0.2, 0) is 14.3 Å². The predicted molar refractivity (Wildman–Crippen MR) is 151 cm³/mol. The van der Waals surface area contributed by atoms with Crippen LogP contribution in [-0.4, -0.2) is 47.8 Å². The van der Waals surface area contributed by atoms with Crippen molar-refractivity contribution in [1.29, 1.82) is 0 Å². The SMILES string of the molecule is CC.CC(C)CCC(=O)NCC(C)(C)CC(C)(C)CC(=O)OC(C)C.CC(C)NC(C)(C)CCO. The number of aliphatic hydroxyl groups excluding tert-OH is 1. The Labute approximate surface area is 218 Å². The summed E-state index contributed by atoms with van der Waals surface area (Å²) in [5, 5.41) is 15.1. The summed E-state index contributed by atoms with van der Waals surface area (Å²) in [5.74, 6) is 0.505. The van der Waals surface area contributed by atoms with Gasteiger partial charge in [-0.2, -0.15) is 0 Å². The van der Waals surface area contributed by atoms with Gasteiger partial charge in [-0.3, -0.25) is 9.59 Å². The molecule has 0 aliphatic carbocycles. The molecule has 0 heterocycles. The standard InChI is InChI=1S/C19H37NO3.C8H19NO.C2H6/c1-14(2)9-10-16(21)20-13-19(7,8)12-18(5,6)11-17(22)23-15(3)4;1-7(2)9-8(3,4)5-6-10;1-2/h14-15H,9-13H2,1-8H3,(H,20,21);7,9-10H,5-6H2,1-4H3;1-2H3. The fourth-order valence-electron chi connectivity index (χ4n) is 4.09. The molecule has 0 aromatic carbocycles. The summed E-state index contributed by atoms with van der Waals surface area (Å²) < 4.78 is 5.24. The van der Waals surface area contributed by atoms with Crippen molar-refractivity contribution in [3.63, 3.8) is 0 Å². The highest BCUT2D eigenvalue weighted by molar-refractivity contribution is 5.75. The first-order valence-electron chi connectivity index (χ1n) is 13.7. The molecule has 0 bridgehead atoms. The average Bonchev–Trinajstić information content (AvgIpc) is 2.63. The number of rotatable bonds is 14. The Hall–Kier alpha value is -1.14. The van der Waals surface area contributed by atoms with Crippen LogP contribution in [0.4, 0.5) is 0 Å². The van der Waals surface area contributed by atoms with Gasteiger partial charge in [-0.25, -0.2) is 0 Å². The number of ether oxygens (including phenoxy) is 1. The van der Waals surface area contributed by atoms with Gasteiger partial charge in [-0.1, -0.05) is 69.2 Å². The lowest BCUT2D eigenvalue weighted by molar-refractivity contribution is -0.150. The lowest BCUT2D eigenvalue weighted by atomic mass is 9.73. The number of carbonyl (C=O) groups is 2. The van der Waals surface area contributed by atoms with Gasteiger partial charge in [-0.15, -0.1) is 0 Å². The molecule has 212 valence electrons. The van der Waals surface area contributed by atoms with Crippen molar-refractivity contribution in [2.75, 3.05) is 13.2 Å². The molecule has 0 saturated carbocycles. The van der Waals surface area contributed by atoms with Crippen LogP contribution in [0, 0.1) is 16.7 Å². The van der Waals surface area contributed by atoms with E-state index in [-0.39, 0.29) is 41.0 Å². The Balaban J connectivity index is -0.000000712. The zero-order chi connectivity index (χ0) is 28.5. The summed E-state index contributed by atoms with van der Waals surface area (Å²) in [5.41, 5.74) is -0.143. The third kappa shape index (κ3) is 27.3. The van der Waals surface area contributed by atoms with E-state index in [2.05, 4.69) is 79.9 Å². The normalized spacial score (nSPS) is 12.1. The van der Waals surface area contributed by atoms with Crippen molar-refractivity contribution < 1.29 is 19.4 Å². The average molecular weight is 503 g/mol. The Kier molecular flexibility index (Phi) is 20.9. The van der Waals surface area contributed by atoms with Gasteiger partial charge in [0.05, 0.1) is 12.5 Å². The van der Waals surface area contributed by atoms with E-state index in [1.165, 1.54) is 0 Å². The Morgan fingerprint density at radius 3 is 1.80 bits per heavy atom. The van der Waals surface area contributed by atoms with Gasteiger partial charge in [-0.05, 0) is 63.7 Å². The van der Waals surface area contributed by atoms with E-state index < -0.39 is 0 Å². The Morgan fingerprint density at radius 2 is 1.40 bits per heavy atom. The molecule has 0 rings (SSSR count). The number of nitrogens with one attached hydrogen (secondary N) is 2. The second kappa shape index (κ2) is 19.0. The van der Waals surface area contributed by atoms with Crippen molar-refractivity contribution in [2.45, 2.75) is 147 Å². The molecular weight excluding hydrogens is 440 g/mol. The topological polar surface area (TPSA) is 87.7 Å². The van der Waals surface area contributed by atoms with E-state index >= 15 is 0 Å². The van der Waals surface area contributed by atoms with Crippen molar-refractivity contribution in [1.82, 2.24) is 10.6 Å². The van der Waals surface area contributed by atoms with Crippen molar-refractivity contribution in [2.24, 2.45) is 16.7 Å². The van der Waals surface area contributed by atoms with Crippen molar-refractivity contribution in [3.05, 3.63) is 0 Å². The van der Waals surface area contributed by atoms with Gasteiger partial charge in [0.2, 0.25) is 5.91 Å². The molecule has 3 N–H and O–H groups in total. The first-order valence-corrected chi connectivity index (χ1v) is 13.7. The first kappa shape index (κ1) is 38.4. The van der Waals surface area contributed by atoms with Crippen LogP contribution >= 0.6 is 0 Å². The number of hydrogen-bond acceptors (Lipinski definition) is 5. The maximum absolute atomic E-state index is 11.9. The van der Waals surface area contributed by atoms with Crippen molar-refractivity contribution >= 4 is 11.9 Å². The zero-order valence-electron chi connectivity index (χ0n) is 25.9. The summed E-state index contributed by atoms with van der Waals surface area (Å²) >= 11 is 0. The lowest BCUT2D eigenvalue weighted by Gasteiger charge is -2.34. The summed E-state index contributed by atoms with van der Waals surface area (Å²) in [6, 6.07) is 0.488. The van der Waals surface area contributed by atoms with E-state index in [1.54, 1.807) is 0 Å². The summed E-state index contributed by atoms with van der Waals surface area (Å²) in [7, 11) is 0. The molecule has 0 spiro atoms. The third-order valence-corrected chi connectivity index (χ3v) is 5.08. The third-order valence-electron chi connectivity index (χ3n) is 5.08. The van der Waals surface area contributed by atoms with Crippen LogP contribution in [0.25, 0.3) is 0 Å². The lowest BCUT2D eigenvalue weighted by Crippen LogP contribution is -2.44. The molecule has 0 aromatic heterocycles. The molecule has 0 saturated heterocycles. The molecule has 0 aliphatic rings. The zero-order valence-corrected chi connectivity index (χ0v) is 25.9. The minimum atomic E-state index is -0.155. The number of carbonyl (C=O) groups excluding carboxylic acids is 2. The molecule has 6 nitrogen and oxygen atoms in total. The Morgan fingerprint density at radius 1 is 0.886 bits per heavy atom. The number of amides is 1. The molecular formula is C29H62N2O4. The van der Waals surface area contributed by atoms with Gasteiger partial charge in [0.15, 0.2) is 0 Å². The van der Waals surface area contributed by atoms with E-state index in [4.69, 9.17) is 9.84 Å². The number of hydrogen-bond donors (Lipinski definition) is 3. The predicted octanol–water partition coefficient (Wildman–Crippen LogP) is 6.49. The van der Waals surface area contributed by atoms with Gasteiger partial charge in [0.25, 0.3) is 0 Å².